The van der Waals surface area contributed by atoms with Crippen LogP contribution in [0.5, 0.6) is 0 Å². The summed E-state index contributed by atoms with van der Waals surface area (Å²) in [6.45, 7) is 5.17. The molecule has 0 aliphatic carbocycles. The number of aliphatic carboxylic acids is 1. The normalized spacial score (nSPS) is 25.7. The van der Waals surface area contributed by atoms with Crippen molar-refractivity contribution in [2.75, 3.05) is 0 Å². The van der Waals surface area contributed by atoms with Crippen molar-refractivity contribution < 1.29 is 28.6 Å². The monoisotopic (exact) mass is 378 g/mol. The molecule has 3 atom stereocenters. The minimum atomic E-state index is -1.09. The number of alkyl carbamates (subject to hydrolysis) is 1. The zero-order valence-corrected chi connectivity index (χ0v) is 15.8. The number of carboxylic acids is 1. The van der Waals surface area contributed by atoms with Crippen LogP contribution in [0.3, 0.4) is 0 Å². The molecule has 2 bridgehead atoms. The summed E-state index contributed by atoms with van der Waals surface area (Å²) in [5.41, 5.74) is -0.703. The molecule has 3 rings (SSSR count). The van der Waals surface area contributed by atoms with Gasteiger partial charge in [0, 0.05) is 12.1 Å². The molecular formula is C19H26N2O6. The molecule has 2 saturated heterocycles. The molecular weight excluding hydrogens is 352 g/mol. The summed E-state index contributed by atoms with van der Waals surface area (Å²) in [5, 5.41) is 12.1. The molecule has 0 aromatic carbocycles. The zero-order chi connectivity index (χ0) is 19.8. The largest absolute Gasteiger partial charge is 0.480 e. The van der Waals surface area contributed by atoms with Gasteiger partial charge in [-0.3, -0.25) is 4.79 Å². The maximum Gasteiger partial charge on any atom is 0.408 e. The molecule has 2 unspecified atom stereocenters. The van der Waals surface area contributed by atoms with Gasteiger partial charge in [0.25, 0.3) is 5.91 Å². The maximum absolute atomic E-state index is 12.7. The fourth-order valence-electron chi connectivity index (χ4n) is 4.17. The Morgan fingerprint density at radius 1 is 1.26 bits per heavy atom. The Kier molecular flexibility index (Phi) is 5.17. The summed E-state index contributed by atoms with van der Waals surface area (Å²) >= 11 is 0. The van der Waals surface area contributed by atoms with Gasteiger partial charge in [0.1, 0.15) is 11.6 Å². The Labute approximate surface area is 157 Å². The van der Waals surface area contributed by atoms with E-state index in [1.807, 2.05) is 4.90 Å². The van der Waals surface area contributed by atoms with Gasteiger partial charge in [0.05, 0.1) is 6.26 Å². The number of carbonyl (C=O) groups is 3. The molecule has 1 aromatic heterocycles. The number of carbonyl (C=O) groups excluding carboxylic acids is 2. The Morgan fingerprint density at radius 3 is 2.37 bits per heavy atom. The van der Waals surface area contributed by atoms with Crippen LogP contribution >= 0.6 is 0 Å². The number of furan rings is 1. The molecule has 2 aliphatic rings. The van der Waals surface area contributed by atoms with Crippen molar-refractivity contribution in [3.05, 3.63) is 24.2 Å². The maximum atomic E-state index is 12.7. The molecule has 148 valence electrons. The molecule has 3 heterocycles. The van der Waals surface area contributed by atoms with E-state index >= 15 is 0 Å². The highest BCUT2D eigenvalue weighted by atomic mass is 16.6. The Hall–Kier alpha value is -2.51. The van der Waals surface area contributed by atoms with E-state index in [4.69, 9.17) is 9.15 Å². The molecule has 0 spiro atoms. The number of hydrogen-bond acceptors (Lipinski definition) is 5. The van der Waals surface area contributed by atoms with E-state index in [1.165, 1.54) is 6.26 Å². The Bertz CT molecular complexity index is 694. The number of nitrogens with zero attached hydrogens (tertiary/aromatic N) is 1. The summed E-state index contributed by atoms with van der Waals surface area (Å²) in [7, 11) is 0. The van der Waals surface area contributed by atoms with E-state index < -0.39 is 23.7 Å². The summed E-state index contributed by atoms with van der Waals surface area (Å²) in [6, 6.07) is 2.18. The molecule has 0 radical (unpaired) electrons. The quantitative estimate of drug-likeness (QED) is 0.834. The summed E-state index contributed by atoms with van der Waals surface area (Å²) in [5.74, 6) is -1.20. The first-order valence-electron chi connectivity index (χ1n) is 9.24. The fourth-order valence-corrected chi connectivity index (χ4v) is 4.17. The first-order valence-corrected chi connectivity index (χ1v) is 9.24. The van der Waals surface area contributed by atoms with Crippen molar-refractivity contribution in [1.82, 2.24) is 10.2 Å². The lowest BCUT2D eigenvalue weighted by atomic mass is 9.84. The van der Waals surface area contributed by atoms with E-state index in [0.717, 1.165) is 12.8 Å². The highest BCUT2D eigenvalue weighted by molar-refractivity contribution is 5.92. The average Bonchev–Trinajstić information content (AvgIpc) is 3.17. The standard InChI is InChI=1S/C19H26N2O6/c1-19(2,3)27-18(25)20-15(17(23)24)11-9-12-6-7-13(10-11)21(12)16(22)14-5-4-8-26-14/h4-5,8,11-13,15H,6-7,9-10H2,1-3H3,(H,20,25)(H,23,24)/t11?,12?,13?,15-/m0/s1. The third-order valence-corrected chi connectivity index (χ3v) is 5.15. The third kappa shape index (κ3) is 4.26. The van der Waals surface area contributed by atoms with Gasteiger partial charge in [0.2, 0.25) is 0 Å². The summed E-state index contributed by atoms with van der Waals surface area (Å²) in [6.07, 6.45) is 3.42. The topological polar surface area (TPSA) is 109 Å². The molecule has 8 heteroatoms. The summed E-state index contributed by atoms with van der Waals surface area (Å²) in [4.78, 5) is 38.3. The van der Waals surface area contributed by atoms with Crippen molar-refractivity contribution in [2.45, 2.75) is 70.2 Å². The minimum absolute atomic E-state index is 0.0476. The van der Waals surface area contributed by atoms with Gasteiger partial charge in [-0.15, -0.1) is 0 Å². The van der Waals surface area contributed by atoms with Crippen LogP contribution in [0.15, 0.2) is 22.8 Å². The van der Waals surface area contributed by atoms with E-state index in [2.05, 4.69) is 5.32 Å². The number of ether oxygens (including phenoxy) is 1. The molecule has 2 fully saturated rings. The van der Waals surface area contributed by atoms with Crippen LogP contribution in [-0.4, -0.2) is 51.7 Å². The van der Waals surface area contributed by atoms with Crippen molar-refractivity contribution in [2.24, 2.45) is 5.92 Å². The summed E-state index contributed by atoms with van der Waals surface area (Å²) < 4.78 is 10.4. The smallest absolute Gasteiger partial charge is 0.408 e. The second-order valence-corrected chi connectivity index (χ2v) is 8.27. The molecule has 1 aromatic rings. The van der Waals surface area contributed by atoms with E-state index in [9.17, 15) is 19.5 Å². The van der Waals surface area contributed by atoms with Crippen LogP contribution in [0.2, 0.25) is 0 Å². The van der Waals surface area contributed by atoms with Crippen LogP contribution in [0.25, 0.3) is 0 Å². The SMILES string of the molecule is CC(C)(C)OC(=O)N[C@H](C(=O)O)C1CC2CCC(C1)N2C(=O)c1ccco1. The number of fused-ring (bicyclic) bond motifs is 2. The van der Waals surface area contributed by atoms with Crippen LogP contribution < -0.4 is 5.32 Å². The lowest BCUT2D eigenvalue weighted by Gasteiger charge is -2.40. The molecule has 27 heavy (non-hydrogen) atoms. The Balaban J connectivity index is 1.69. The highest BCUT2D eigenvalue weighted by Crippen LogP contribution is 2.41. The Morgan fingerprint density at radius 2 is 1.89 bits per heavy atom. The van der Waals surface area contributed by atoms with E-state index in [1.54, 1.807) is 32.9 Å². The van der Waals surface area contributed by atoms with Crippen molar-refractivity contribution in [3.8, 4) is 0 Å². The van der Waals surface area contributed by atoms with Gasteiger partial charge < -0.3 is 24.5 Å². The fraction of sp³-hybridized carbons (Fsp3) is 0.632. The third-order valence-electron chi connectivity index (χ3n) is 5.15. The van der Waals surface area contributed by atoms with Gasteiger partial charge >= 0.3 is 12.1 Å². The first kappa shape index (κ1) is 19.3. The number of rotatable bonds is 4. The first-order chi connectivity index (χ1) is 12.7. The number of hydrogen-bond donors (Lipinski definition) is 2. The van der Waals surface area contributed by atoms with Crippen LogP contribution in [0.4, 0.5) is 4.79 Å². The molecule has 2 aliphatic heterocycles. The molecule has 0 saturated carbocycles. The van der Waals surface area contributed by atoms with E-state index in [0.29, 0.717) is 18.6 Å². The second kappa shape index (κ2) is 7.25. The minimum Gasteiger partial charge on any atom is -0.480 e. The van der Waals surface area contributed by atoms with Crippen molar-refractivity contribution in [1.29, 1.82) is 0 Å². The van der Waals surface area contributed by atoms with Crippen molar-refractivity contribution >= 4 is 18.0 Å². The van der Waals surface area contributed by atoms with Gasteiger partial charge in [-0.2, -0.15) is 0 Å². The van der Waals surface area contributed by atoms with Crippen LogP contribution in [0, 0.1) is 5.92 Å². The van der Waals surface area contributed by atoms with Gasteiger partial charge in [0.15, 0.2) is 5.76 Å². The average molecular weight is 378 g/mol. The van der Waals surface area contributed by atoms with Gasteiger partial charge in [-0.1, -0.05) is 0 Å². The predicted molar refractivity (Wildman–Crippen MR) is 95.2 cm³/mol. The lowest BCUT2D eigenvalue weighted by Crippen LogP contribution is -2.54. The number of piperidine rings is 1. The highest BCUT2D eigenvalue weighted by Gasteiger charge is 2.47. The molecule has 2 amide bonds. The van der Waals surface area contributed by atoms with E-state index in [-0.39, 0.29) is 23.9 Å². The lowest BCUT2D eigenvalue weighted by molar-refractivity contribution is -0.141. The number of amides is 2. The molecule has 2 N–H and O–H groups in total. The van der Waals surface area contributed by atoms with Crippen molar-refractivity contribution in [3.63, 3.8) is 0 Å². The van der Waals surface area contributed by atoms with Gasteiger partial charge in [-0.25, -0.2) is 9.59 Å². The second-order valence-electron chi connectivity index (χ2n) is 8.27. The zero-order valence-electron chi connectivity index (χ0n) is 15.8. The van der Waals surface area contributed by atoms with Crippen LogP contribution in [0.1, 0.15) is 57.0 Å². The number of carboxylic acid groups (broad SMARTS) is 1. The predicted octanol–water partition coefficient (Wildman–Crippen LogP) is 2.64. The number of nitrogens with one attached hydrogen (secondary N) is 1. The molecule has 8 nitrogen and oxygen atoms in total. The van der Waals surface area contributed by atoms with Crippen LogP contribution in [-0.2, 0) is 9.53 Å². The van der Waals surface area contributed by atoms with Gasteiger partial charge in [-0.05, 0) is 64.5 Å².